The fourth-order valence-corrected chi connectivity index (χ4v) is 9.56. The summed E-state index contributed by atoms with van der Waals surface area (Å²) in [6, 6.07) is 0. The summed E-state index contributed by atoms with van der Waals surface area (Å²) in [6.45, 7) is 13.5. The number of aromatic nitrogens is 3. The molecule has 8 atom stereocenters. The molecule has 1 amide bonds. The average molecular weight is 525 g/mol. The third kappa shape index (κ3) is 5.43. The Labute approximate surface area is 230 Å². The number of alkyl carbamates (subject to hydrolysis) is 1. The highest BCUT2D eigenvalue weighted by molar-refractivity contribution is 5.67. The SMILES string of the molecule is CC(C)CCC[C@@H](C)C1CCC2[C@@H]3CC=C4C[C@@H](OC(=O)NCCn5nccn5)CC[C@]4(C)[C@H]3CCC12C. The third-order valence-corrected chi connectivity index (χ3v) is 11.6. The fourth-order valence-electron chi connectivity index (χ4n) is 9.56. The van der Waals surface area contributed by atoms with Crippen LogP contribution in [0.15, 0.2) is 24.0 Å². The Kier molecular flexibility index (Phi) is 8.26. The standard InChI is InChI=1S/C32H52N4O2/c1-22(2)7-6-8-23(3)27-11-12-28-26-10-9-24-21-25(38-30(37)33-19-20-36-34-17-18-35-36)13-15-31(24,4)29(26)14-16-32(27,28)5/h9,17-18,22-23,25-29H,6-8,10-16,19-21H2,1-5H3,(H,33,37)/t23-,25+,26+,27?,28?,29+,31+,32?/m1/s1. The normalized spacial score (nSPS) is 37.1. The largest absolute Gasteiger partial charge is 0.446 e. The van der Waals surface area contributed by atoms with Gasteiger partial charge in [-0.15, -0.1) is 0 Å². The number of hydrogen-bond donors (Lipinski definition) is 1. The van der Waals surface area contributed by atoms with Crippen LogP contribution in [0.1, 0.15) is 105 Å². The minimum absolute atomic E-state index is 0.00916. The van der Waals surface area contributed by atoms with Gasteiger partial charge in [0, 0.05) is 13.0 Å². The van der Waals surface area contributed by atoms with Crippen molar-refractivity contribution in [3.8, 4) is 0 Å². The Morgan fingerprint density at radius 3 is 2.63 bits per heavy atom. The van der Waals surface area contributed by atoms with Crippen molar-refractivity contribution in [1.29, 1.82) is 0 Å². The van der Waals surface area contributed by atoms with E-state index in [9.17, 15) is 4.79 Å². The van der Waals surface area contributed by atoms with Crippen LogP contribution in [0.4, 0.5) is 4.79 Å². The van der Waals surface area contributed by atoms with E-state index in [-0.39, 0.29) is 17.6 Å². The summed E-state index contributed by atoms with van der Waals surface area (Å²) in [5.41, 5.74) is 2.39. The zero-order valence-electron chi connectivity index (χ0n) is 24.6. The van der Waals surface area contributed by atoms with Gasteiger partial charge in [-0.05, 0) is 91.3 Å². The van der Waals surface area contributed by atoms with Crippen molar-refractivity contribution in [2.45, 2.75) is 118 Å². The molecule has 1 aromatic rings. The van der Waals surface area contributed by atoms with E-state index in [1.54, 1.807) is 22.8 Å². The molecular formula is C32H52N4O2. The predicted octanol–water partition coefficient (Wildman–Crippen LogP) is 7.41. The van der Waals surface area contributed by atoms with Crippen LogP contribution in [-0.4, -0.2) is 33.7 Å². The number of nitrogens with zero attached hydrogens (tertiary/aromatic N) is 3. The van der Waals surface area contributed by atoms with E-state index in [0.717, 1.165) is 54.8 Å². The van der Waals surface area contributed by atoms with Crippen molar-refractivity contribution >= 4 is 6.09 Å². The Hall–Kier alpha value is -1.85. The molecule has 0 aromatic carbocycles. The number of rotatable bonds is 9. The number of fused-ring (bicyclic) bond motifs is 5. The van der Waals surface area contributed by atoms with E-state index in [1.807, 2.05) is 0 Å². The highest BCUT2D eigenvalue weighted by Gasteiger charge is 2.59. The monoisotopic (exact) mass is 524 g/mol. The minimum atomic E-state index is -0.312. The van der Waals surface area contributed by atoms with Gasteiger partial charge in [0.1, 0.15) is 6.10 Å². The summed E-state index contributed by atoms with van der Waals surface area (Å²) in [4.78, 5) is 14.0. The lowest BCUT2D eigenvalue weighted by molar-refractivity contribution is -0.0581. The number of amides is 1. The average Bonchev–Trinajstić information content (AvgIpc) is 3.51. The maximum Gasteiger partial charge on any atom is 0.407 e. The van der Waals surface area contributed by atoms with Crippen LogP contribution >= 0.6 is 0 Å². The van der Waals surface area contributed by atoms with Crippen LogP contribution in [-0.2, 0) is 11.3 Å². The molecule has 4 aliphatic carbocycles. The van der Waals surface area contributed by atoms with Gasteiger partial charge in [-0.25, -0.2) is 4.79 Å². The lowest BCUT2D eigenvalue weighted by Gasteiger charge is -2.58. The molecule has 6 nitrogen and oxygen atoms in total. The van der Waals surface area contributed by atoms with E-state index in [0.29, 0.717) is 18.5 Å². The van der Waals surface area contributed by atoms with E-state index in [2.05, 4.69) is 56.2 Å². The highest BCUT2D eigenvalue weighted by Crippen LogP contribution is 2.67. The minimum Gasteiger partial charge on any atom is -0.446 e. The number of carbonyl (C=O) groups is 1. The van der Waals surface area contributed by atoms with Crippen molar-refractivity contribution in [3.05, 3.63) is 24.0 Å². The third-order valence-electron chi connectivity index (χ3n) is 11.6. The molecule has 3 saturated carbocycles. The smallest absolute Gasteiger partial charge is 0.407 e. The first kappa shape index (κ1) is 27.7. The first-order valence-corrected chi connectivity index (χ1v) is 15.7. The van der Waals surface area contributed by atoms with Crippen LogP contribution < -0.4 is 5.32 Å². The Morgan fingerprint density at radius 1 is 1.08 bits per heavy atom. The van der Waals surface area contributed by atoms with Crippen LogP contribution in [0.5, 0.6) is 0 Å². The van der Waals surface area contributed by atoms with Gasteiger partial charge in [0.05, 0.1) is 18.9 Å². The molecule has 4 aliphatic rings. The van der Waals surface area contributed by atoms with Crippen molar-refractivity contribution < 1.29 is 9.53 Å². The maximum absolute atomic E-state index is 12.4. The Bertz CT molecular complexity index is 974. The van der Waals surface area contributed by atoms with Gasteiger partial charge < -0.3 is 10.1 Å². The summed E-state index contributed by atoms with van der Waals surface area (Å²) < 4.78 is 5.87. The molecule has 5 rings (SSSR count). The van der Waals surface area contributed by atoms with Gasteiger partial charge in [-0.1, -0.05) is 65.5 Å². The second-order valence-electron chi connectivity index (χ2n) is 14.1. The molecular weight excluding hydrogens is 472 g/mol. The van der Waals surface area contributed by atoms with Crippen molar-refractivity contribution in [3.63, 3.8) is 0 Å². The number of allylic oxidation sites excluding steroid dienone is 1. The molecule has 212 valence electrons. The molecule has 6 heteroatoms. The van der Waals surface area contributed by atoms with Gasteiger partial charge >= 0.3 is 6.09 Å². The first-order valence-electron chi connectivity index (χ1n) is 15.7. The van der Waals surface area contributed by atoms with Crippen LogP contribution in [0, 0.1) is 46.3 Å². The number of ether oxygens (including phenoxy) is 1. The maximum atomic E-state index is 12.4. The predicted molar refractivity (Wildman–Crippen MR) is 151 cm³/mol. The lowest BCUT2D eigenvalue weighted by Crippen LogP contribution is -2.51. The second kappa shape index (κ2) is 11.3. The van der Waals surface area contributed by atoms with Gasteiger partial charge in [-0.3, -0.25) is 0 Å². The first-order chi connectivity index (χ1) is 18.2. The lowest BCUT2D eigenvalue weighted by atomic mass is 9.47. The fraction of sp³-hybridized carbons (Fsp3) is 0.844. The summed E-state index contributed by atoms with van der Waals surface area (Å²) in [5, 5.41) is 11.0. The summed E-state index contributed by atoms with van der Waals surface area (Å²) in [5.74, 6) is 5.12. The van der Waals surface area contributed by atoms with E-state index < -0.39 is 0 Å². The number of carbonyl (C=O) groups excluding carboxylic acids is 1. The van der Waals surface area contributed by atoms with E-state index in [1.165, 1.54) is 51.4 Å². The Balaban J connectivity index is 1.17. The van der Waals surface area contributed by atoms with Crippen molar-refractivity contribution in [1.82, 2.24) is 20.3 Å². The summed E-state index contributed by atoms with van der Waals surface area (Å²) in [6.07, 6.45) is 19.7. The molecule has 1 aromatic heterocycles. The van der Waals surface area contributed by atoms with E-state index in [4.69, 9.17) is 4.74 Å². The Morgan fingerprint density at radius 2 is 1.87 bits per heavy atom. The van der Waals surface area contributed by atoms with E-state index >= 15 is 0 Å². The molecule has 1 heterocycles. The molecule has 0 radical (unpaired) electrons. The van der Waals surface area contributed by atoms with Crippen LogP contribution in [0.25, 0.3) is 0 Å². The number of nitrogens with one attached hydrogen (secondary N) is 1. The summed E-state index contributed by atoms with van der Waals surface area (Å²) >= 11 is 0. The molecule has 0 spiro atoms. The molecule has 38 heavy (non-hydrogen) atoms. The quantitative estimate of drug-likeness (QED) is 0.341. The van der Waals surface area contributed by atoms with Gasteiger partial charge in [0.25, 0.3) is 0 Å². The second-order valence-corrected chi connectivity index (χ2v) is 14.1. The molecule has 3 unspecified atom stereocenters. The molecule has 1 N–H and O–H groups in total. The van der Waals surface area contributed by atoms with Gasteiger partial charge in [0.2, 0.25) is 0 Å². The molecule has 0 aliphatic heterocycles. The molecule has 0 saturated heterocycles. The van der Waals surface area contributed by atoms with Gasteiger partial charge in [-0.2, -0.15) is 15.0 Å². The summed E-state index contributed by atoms with van der Waals surface area (Å²) in [7, 11) is 0. The zero-order valence-corrected chi connectivity index (χ0v) is 24.6. The molecule has 3 fully saturated rings. The van der Waals surface area contributed by atoms with Crippen LogP contribution in [0.3, 0.4) is 0 Å². The van der Waals surface area contributed by atoms with Crippen LogP contribution in [0.2, 0.25) is 0 Å². The van der Waals surface area contributed by atoms with Gasteiger partial charge in [0.15, 0.2) is 0 Å². The van der Waals surface area contributed by atoms with Crippen molar-refractivity contribution in [2.75, 3.05) is 6.54 Å². The van der Waals surface area contributed by atoms with Crippen molar-refractivity contribution in [2.24, 2.45) is 46.3 Å². The zero-order chi connectivity index (χ0) is 26.9. The highest BCUT2D eigenvalue weighted by atomic mass is 16.6. The molecule has 0 bridgehead atoms. The number of hydrogen-bond acceptors (Lipinski definition) is 4. The topological polar surface area (TPSA) is 69.0 Å².